The number of hydrogen-bond acceptors (Lipinski definition) is 5. The van der Waals surface area contributed by atoms with Crippen molar-refractivity contribution in [1.29, 1.82) is 0 Å². The molecule has 112 valence electrons. The lowest BCUT2D eigenvalue weighted by molar-refractivity contribution is 0.0951. The van der Waals surface area contributed by atoms with Crippen molar-refractivity contribution in [3.63, 3.8) is 0 Å². The van der Waals surface area contributed by atoms with Crippen LogP contribution in [-0.4, -0.2) is 38.3 Å². The minimum Gasteiger partial charge on any atom is -0.396 e. The summed E-state index contributed by atoms with van der Waals surface area (Å²) in [5, 5.41) is 11.5. The topological polar surface area (TPSA) is 106 Å². The molecule has 2 heterocycles. The Bertz CT molecular complexity index is 806. The molecular weight excluding hydrogens is 276 g/mol. The molecule has 0 radical (unpaired) electrons. The summed E-state index contributed by atoms with van der Waals surface area (Å²) in [5.74, 6) is -0.381. The predicted octanol–water partition coefficient (Wildman–Crippen LogP) is -1.26. The minimum atomic E-state index is -0.495. The Balaban J connectivity index is 2.50. The van der Waals surface area contributed by atoms with Crippen molar-refractivity contribution in [2.24, 2.45) is 14.1 Å². The molecule has 2 aromatic heterocycles. The van der Waals surface area contributed by atoms with Crippen molar-refractivity contribution < 1.29 is 9.90 Å². The van der Waals surface area contributed by atoms with E-state index in [1.165, 1.54) is 30.9 Å². The van der Waals surface area contributed by atoms with Gasteiger partial charge in [-0.25, -0.2) is 9.78 Å². The highest BCUT2D eigenvalue weighted by Crippen LogP contribution is 2.07. The van der Waals surface area contributed by atoms with Crippen molar-refractivity contribution in [1.82, 2.24) is 19.4 Å². The summed E-state index contributed by atoms with van der Waals surface area (Å²) in [7, 11) is 2.89. The average molecular weight is 292 g/mol. The summed E-state index contributed by atoms with van der Waals surface area (Å²) in [4.78, 5) is 39.8. The summed E-state index contributed by atoms with van der Waals surface area (Å²) in [6.07, 6.45) is 1.76. The van der Waals surface area contributed by atoms with Gasteiger partial charge in [0.05, 0.1) is 10.9 Å². The number of aliphatic hydroxyl groups excluding tert-OH is 1. The molecule has 0 saturated carbocycles. The Morgan fingerprint density at radius 3 is 2.71 bits per heavy atom. The van der Waals surface area contributed by atoms with E-state index in [-0.39, 0.29) is 29.1 Å². The summed E-state index contributed by atoms with van der Waals surface area (Å²) in [6, 6.07) is 1.42. The maximum Gasteiger partial charge on any atom is 0.332 e. The van der Waals surface area contributed by atoms with Gasteiger partial charge in [-0.3, -0.25) is 18.7 Å². The second-order valence-corrected chi connectivity index (χ2v) is 4.63. The minimum absolute atomic E-state index is 0.0150. The molecule has 2 aromatic rings. The molecule has 0 saturated heterocycles. The van der Waals surface area contributed by atoms with Crippen LogP contribution in [0.15, 0.2) is 21.9 Å². The molecule has 8 nitrogen and oxygen atoms in total. The fourth-order valence-electron chi connectivity index (χ4n) is 1.97. The Kier molecular flexibility index (Phi) is 4.18. The van der Waals surface area contributed by atoms with Gasteiger partial charge in [-0.15, -0.1) is 0 Å². The second-order valence-electron chi connectivity index (χ2n) is 4.63. The molecule has 0 aromatic carbocycles. The fourth-order valence-corrected chi connectivity index (χ4v) is 1.97. The molecule has 0 fully saturated rings. The summed E-state index contributed by atoms with van der Waals surface area (Å²) in [6.45, 7) is 0.317. The van der Waals surface area contributed by atoms with Crippen molar-refractivity contribution in [3.05, 3.63) is 38.7 Å². The molecule has 0 bridgehead atoms. The maximum absolute atomic E-state index is 12.1. The van der Waals surface area contributed by atoms with E-state index in [2.05, 4.69) is 10.3 Å². The Morgan fingerprint density at radius 1 is 1.33 bits per heavy atom. The van der Waals surface area contributed by atoms with Gasteiger partial charge in [0.15, 0.2) is 0 Å². The Morgan fingerprint density at radius 2 is 2.05 bits per heavy atom. The number of pyridine rings is 1. The van der Waals surface area contributed by atoms with Crippen LogP contribution in [0.1, 0.15) is 16.8 Å². The first kappa shape index (κ1) is 14.9. The zero-order valence-electron chi connectivity index (χ0n) is 11.8. The number of carbonyl (C=O) groups is 1. The van der Waals surface area contributed by atoms with Gasteiger partial charge >= 0.3 is 5.69 Å². The number of carbonyl (C=O) groups excluding carboxylic acids is 1. The van der Waals surface area contributed by atoms with E-state index in [1.807, 2.05) is 0 Å². The monoisotopic (exact) mass is 292 g/mol. The normalized spacial score (nSPS) is 10.8. The van der Waals surface area contributed by atoms with Gasteiger partial charge in [-0.1, -0.05) is 0 Å². The van der Waals surface area contributed by atoms with Crippen LogP contribution < -0.4 is 16.6 Å². The highest BCUT2D eigenvalue weighted by molar-refractivity contribution is 5.96. The van der Waals surface area contributed by atoms with E-state index >= 15 is 0 Å². The van der Waals surface area contributed by atoms with Crippen LogP contribution in [0.25, 0.3) is 11.0 Å². The Labute approximate surface area is 119 Å². The van der Waals surface area contributed by atoms with Gasteiger partial charge in [-0.2, -0.15) is 0 Å². The van der Waals surface area contributed by atoms with Gasteiger partial charge in [0.25, 0.3) is 11.5 Å². The standard InChI is InChI=1S/C13H16N4O4/c1-16-10-9(12(20)17(2)13(16)21)6-8(7-15-10)11(19)14-4-3-5-18/h6-7,18H,3-5H2,1-2H3,(H,14,19). The summed E-state index contributed by atoms with van der Waals surface area (Å²) >= 11 is 0. The average Bonchev–Trinajstić information content (AvgIpc) is 2.50. The van der Waals surface area contributed by atoms with Gasteiger partial charge in [0.2, 0.25) is 0 Å². The number of hydrogen-bond donors (Lipinski definition) is 2. The zero-order valence-corrected chi connectivity index (χ0v) is 11.8. The summed E-state index contributed by atoms with van der Waals surface area (Å²) < 4.78 is 2.22. The van der Waals surface area contributed by atoms with Gasteiger partial charge < -0.3 is 10.4 Å². The lowest BCUT2D eigenvalue weighted by Crippen LogP contribution is -2.37. The quantitative estimate of drug-likeness (QED) is 0.684. The number of rotatable bonds is 4. The van der Waals surface area contributed by atoms with Crippen molar-refractivity contribution in [2.45, 2.75) is 6.42 Å². The van der Waals surface area contributed by atoms with Crippen LogP contribution >= 0.6 is 0 Å². The molecule has 0 aliphatic rings. The third-order valence-electron chi connectivity index (χ3n) is 3.18. The number of nitrogens with zero attached hydrogens (tertiary/aromatic N) is 3. The largest absolute Gasteiger partial charge is 0.396 e. The first-order valence-corrected chi connectivity index (χ1v) is 6.42. The number of aromatic nitrogens is 3. The molecule has 0 atom stereocenters. The van der Waals surface area contributed by atoms with Crippen molar-refractivity contribution in [3.8, 4) is 0 Å². The van der Waals surface area contributed by atoms with Crippen LogP contribution in [0.2, 0.25) is 0 Å². The smallest absolute Gasteiger partial charge is 0.332 e. The second kappa shape index (κ2) is 5.88. The fraction of sp³-hybridized carbons (Fsp3) is 0.385. The first-order chi connectivity index (χ1) is 9.97. The van der Waals surface area contributed by atoms with E-state index in [0.29, 0.717) is 13.0 Å². The van der Waals surface area contributed by atoms with E-state index in [0.717, 1.165) is 4.57 Å². The van der Waals surface area contributed by atoms with Crippen LogP contribution in [0.4, 0.5) is 0 Å². The number of nitrogens with one attached hydrogen (secondary N) is 1. The van der Waals surface area contributed by atoms with E-state index < -0.39 is 11.2 Å². The number of fused-ring (bicyclic) bond motifs is 1. The predicted molar refractivity (Wildman–Crippen MR) is 76.3 cm³/mol. The van der Waals surface area contributed by atoms with E-state index in [1.54, 1.807) is 0 Å². The SMILES string of the molecule is Cn1c(=O)c2cc(C(=O)NCCCO)cnc2n(C)c1=O. The molecule has 1 amide bonds. The molecular formula is C13H16N4O4. The molecule has 0 spiro atoms. The molecule has 2 rings (SSSR count). The van der Waals surface area contributed by atoms with Crippen LogP contribution in [0.3, 0.4) is 0 Å². The number of aryl methyl sites for hydroxylation is 1. The summed E-state index contributed by atoms with van der Waals surface area (Å²) in [5.41, 5.74) is -0.503. The molecule has 21 heavy (non-hydrogen) atoms. The van der Waals surface area contributed by atoms with Crippen molar-refractivity contribution in [2.75, 3.05) is 13.2 Å². The molecule has 0 aliphatic heterocycles. The Hall–Kier alpha value is -2.48. The van der Waals surface area contributed by atoms with Gasteiger partial charge in [-0.05, 0) is 12.5 Å². The van der Waals surface area contributed by atoms with Crippen LogP contribution in [0, 0.1) is 0 Å². The van der Waals surface area contributed by atoms with Gasteiger partial charge in [0.1, 0.15) is 5.65 Å². The van der Waals surface area contributed by atoms with Crippen molar-refractivity contribution >= 4 is 16.9 Å². The zero-order chi connectivity index (χ0) is 15.6. The van der Waals surface area contributed by atoms with Crippen LogP contribution in [-0.2, 0) is 14.1 Å². The lowest BCUT2D eigenvalue weighted by Gasteiger charge is -2.08. The first-order valence-electron chi connectivity index (χ1n) is 6.42. The highest BCUT2D eigenvalue weighted by atomic mass is 16.3. The highest BCUT2D eigenvalue weighted by Gasteiger charge is 2.13. The molecule has 2 N–H and O–H groups in total. The van der Waals surface area contributed by atoms with E-state index in [4.69, 9.17) is 5.11 Å². The molecule has 8 heteroatoms. The third-order valence-corrected chi connectivity index (χ3v) is 3.18. The number of aliphatic hydroxyl groups is 1. The molecule has 0 aliphatic carbocycles. The number of amides is 1. The van der Waals surface area contributed by atoms with Gasteiger partial charge in [0, 0.05) is 33.4 Å². The van der Waals surface area contributed by atoms with Crippen LogP contribution in [0.5, 0.6) is 0 Å². The van der Waals surface area contributed by atoms with E-state index in [9.17, 15) is 14.4 Å². The lowest BCUT2D eigenvalue weighted by atomic mass is 10.2. The molecule has 0 unspecified atom stereocenters. The maximum atomic E-state index is 12.1. The third kappa shape index (κ3) is 2.70.